The summed E-state index contributed by atoms with van der Waals surface area (Å²) < 4.78 is 44.2. The van der Waals surface area contributed by atoms with Crippen molar-refractivity contribution in [1.82, 2.24) is 14.9 Å². The Bertz CT molecular complexity index is 828. The highest BCUT2D eigenvalue weighted by Crippen LogP contribution is 2.30. The van der Waals surface area contributed by atoms with Crippen LogP contribution >= 0.6 is 0 Å². The molecule has 2 atom stereocenters. The lowest BCUT2D eigenvalue weighted by Crippen LogP contribution is -2.39. The van der Waals surface area contributed by atoms with Crippen LogP contribution in [0.5, 0.6) is 5.88 Å². The number of piperidine rings is 1. The van der Waals surface area contributed by atoms with Crippen molar-refractivity contribution in [3.63, 3.8) is 0 Å². The number of methoxy groups -OCH3 is 1. The average Bonchev–Trinajstić information content (AvgIpc) is 2.71. The van der Waals surface area contributed by atoms with Gasteiger partial charge in [-0.25, -0.2) is 9.97 Å². The largest absolute Gasteiger partial charge is 0.481 e. The third kappa shape index (κ3) is 5.59. The van der Waals surface area contributed by atoms with Crippen LogP contribution in [0.2, 0.25) is 0 Å². The number of likely N-dealkylation sites (tertiary alicyclic amines) is 1. The molecule has 0 radical (unpaired) electrons. The first-order valence-corrected chi connectivity index (χ1v) is 9.81. The van der Waals surface area contributed by atoms with Crippen molar-refractivity contribution in [3.05, 3.63) is 47.4 Å². The van der Waals surface area contributed by atoms with Gasteiger partial charge in [-0.15, -0.1) is 0 Å². The number of aryl methyl sites for hydroxylation is 1. The molecule has 0 aromatic carbocycles. The molecule has 0 aliphatic carbocycles. The van der Waals surface area contributed by atoms with Crippen molar-refractivity contribution in [2.75, 3.05) is 32.1 Å². The number of rotatable bonds is 6. The van der Waals surface area contributed by atoms with E-state index in [1.807, 2.05) is 18.2 Å². The molecule has 8 heteroatoms. The molecule has 1 N–H and O–H groups in total. The van der Waals surface area contributed by atoms with Gasteiger partial charge < -0.3 is 10.1 Å². The van der Waals surface area contributed by atoms with Crippen LogP contribution in [0.1, 0.15) is 42.9 Å². The Balaban J connectivity index is 1.62. The van der Waals surface area contributed by atoms with Gasteiger partial charge in [0, 0.05) is 36.6 Å². The maximum Gasteiger partial charge on any atom is 0.433 e. The standard InChI is InChI=1S/C21H27F3N4O/c1-14-10-17(11-19(26-14)21(22,23)24)25-12-16-6-5-9-28(13-16)15(2)18-7-4-8-20(27-18)29-3/h4,7-8,10-11,15-16H,5-6,9,12-13H2,1-3H3,(H,25,26)/t15-,16+/m0/s1. The Kier molecular flexibility index (Phi) is 6.62. The zero-order chi connectivity index (χ0) is 21.0. The number of nitrogens with one attached hydrogen (secondary N) is 1. The summed E-state index contributed by atoms with van der Waals surface area (Å²) in [5.41, 5.74) is 0.912. The van der Waals surface area contributed by atoms with Gasteiger partial charge in [-0.3, -0.25) is 4.90 Å². The average molecular weight is 408 g/mol. The molecule has 3 rings (SSSR count). The Morgan fingerprint density at radius 3 is 2.79 bits per heavy atom. The van der Waals surface area contributed by atoms with Crippen molar-refractivity contribution >= 4 is 5.69 Å². The van der Waals surface area contributed by atoms with E-state index >= 15 is 0 Å². The van der Waals surface area contributed by atoms with E-state index in [2.05, 4.69) is 27.1 Å². The minimum atomic E-state index is -4.44. The fourth-order valence-electron chi connectivity index (χ4n) is 3.76. The maximum absolute atomic E-state index is 13.0. The minimum Gasteiger partial charge on any atom is -0.481 e. The van der Waals surface area contributed by atoms with Crippen molar-refractivity contribution in [3.8, 4) is 5.88 Å². The lowest BCUT2D eigenvalue weighted by atomic mass is 9.96. The van der Waals surface area contributed by atoms with Crippen molar-refractivity contribution < 1.29 is 17.9 Å². The van der Waals surface area contributed by atoms with Gasteiger partial charge in [0.2, 0.25) is 5.88 Å². The quantitative estimate of drug-likeness (QED) is 0.751. The summed E-state index contributed by atoms with van der Waals surface area (Å²) in [5, 5.41) is 3.18. The summed E-state index contributed by atoms with van der Waals surface area (Å²) >= 11 is 0. The third-order valence-electron chi connectivity index (χ3n) is 5.32. The Labute approximate surface area is 169 Å². The third-order valence-corrected chi connectivity index (χ3v) is 5.32. The minimum absolute atomic E-state index is 0.146. The molecule has 2 aromatic heterocycles. The molecule has 0 unspecified atom stereocenters. The molecule has 0 amide bonds. The molecular weight excluding hydrogens is 381 g/mol. The molecule has 1 aliphatic heterocycles. The number of pyridine rings is 2. The summed E-state index contributed by atoms with van der Waals surface area (Å²) in [7, 11) is 1.60. The summed E-state index contributed by atoms with van der Waals surface area (Å²) in [4.78, 5) is 10.5. The molecule has 2 aromatic rings. The predicted molar refractivity (Wildman–Crippen MR) is 106 cm³/mol. The van der Waals surface area contributed by atoms with Crippen LogP contribution in [0.15, 0.2) is 30.3 Å². The maximum atomic E-state index is 13.0. The number of aromatic nitrogens is 2. The topological polar surface area (TPSA) is 50.3 Å². The van der Waals surface area contributed by atoms with E-state index in [1.54, 1.807) is 20.1 Å². The molecule has 1 aliphatic rings. The van der Waals surface area contributed by atoms with Crippen LogP contribution in [-0.2, 0) is 6.18 Å². The van der Waals surface area contributed by atoms with Gasteiger partial charge in [0.15, 0.2) is 0 Å². The highest BCUT2D eigenvalue weighted by Gasteiger charge is 2.33. The monoisotopic (exact) mass is 408 g/mol. The number of anilines is 1. The SMILES string of the molecule is COc1cccc([C@H](C)N2CCC[C@H](CNc3cc(C)nc(C(F)(F)F)c3)C2)n1. The smallest absolute Gasteiger partial charge is 0.433 e. The van der Waals surface area contributed by atoms with E-state index < -0.39 is 11.9 Å². The van der Waals surface area contributed by atoms with Crippen LogP contribution in [0.4, 0.5) is 18.9 Å². The second-order valence-electron chi connectivity index (χ2n) is 7.55. The van der Waals surface area contributed by atoms with Crippen molar-refractivity contribution in [2.45, 2.75) is 38.9 Å². The number of ether oxygens (including phenoxy) is 1. The van der Waals surface area contributed by atoms with Crippen LogP contribution < -0.4 is 10.1 Å². The molecule has 0 bridgehead atoms. The second kappa shape index (κ2) is 8.98. The Morgan fingerprint density at radius 2 is 2.07 bits per heavy atom. The molecule has 29 heavy (non-hydrogen) atoms. The lowest BCUT2D eigenvalue weighted by Gasteiger charge is -2.36. The highest BCUT2D eigenvalue weighted by molar-refractivity contribution is 5.46. The van der Waals surface area contributed by atoms with E-state index in [4.69, 9.17) is 4.74 Å². The van der Waals surface area contributed by atoms with Crippen LogP contribution in [0.25, 0.3) is 0 Å². The van der Waals surface area contributed by atoms with Gasteiger partial charge in [-0.2, -0.15) is 13.2 Å². The van der Waals surface area contributed by atoms with E-state index in [9.17, 15) is 13.2 Å². The zero-order valence-corrected chi connectivity index (χ0v) is 17.0. The van der Waals surface area contributed by atoms with Gasteiger partial charge in [0.25, 0.3) is 0 Å². The number of hydrogen-bond donors (Lipinski definition) is 1. The lowest BCUT2D eigenvalue weighted by molar-refractivity contribution is -0.141. The van der Waals surface area contributed by atoms with Gasteiger partial charge >= 0.3 is 6.18 Å². The van der Waals surface area contributed by atoms with E-state index in [0.717, 1.165) is 37.7 Å². The fraction of sp³-hybridized carbons (Fsp3) is 0.524. The molecular formula is C21H27F3N4O. The summed E-state index contributed by atoms with van der Waals surface area (Å²) in [5.74, 6) is 0.942. The number of nitrogens with zero attached hydrogens (tertiary/aromatic N) is 3. The van der Waals surface area contributed by atoms with Gasteiger partial charge in [0.1, 0.15) is 5.69 Å². The Hall–Kier alpha value is -2.35. The van der Waals surface area contributed by atoms with E-state index in [1.165, 1.54) is 0 Å². The van der Waals surface area contributed by atoms with Gasteiger partial charge in [-0.1, -0.05) is 6.07 Å². The first-order valence-electron chi connectivity index (χ1n) is 9.81. The molecule has 1 fully saturated rings. The number of halogens is 3. The predicted octanol–water partition coefficient (Wildman–Crippen LogP) is 4.70. The zero-order valence-electron chi connectivity index (χ0n) is 17.0. The van der Waals surface area contributed by atoms with E-state index in [-0.39, 0.29) is 6.04 Å². The summed E-state index contributed by atoms with van der Waals surface area (Å²) in [6, 6.07) is 8.63. The normalized spacial score (nSPS) is 19.0. The summed E-state index contributed by atoms with van der Waals surface area (Å²) in [6.07, 6.45) is -2.36. The molecule has 0 spiro atoms. The highest BCUT2D eigenvalue weighted by atomic mass is 19.4. The van der Waals surface area contributed by atoms with Crippen LogP contribution in [-0.4, -0.2) is 41.6 Å². The summed E-state index contributed by atoms with van der Waals surface area (Å²) in [6.45, 7) is 6.16. The van der Waals surface area contributed by atoms with Gasteiger partial charge in [-0.05, 0) is 57.4 Å². The van der Waals surface area contributed by atoms with Gasteiger partial charge in [0.05, 0.1) is 12.8 Å². The second-order valence-corrected chi connectivity index (χ2v) is 7.55. The first kappa shape index (κ1) is 21.4. The van der Waals surface area contributed by atoms with Crippen molar-refractivity contribution in [2.24, 2.45) is 5.92 Å². The molecule has 0 saturated carbocycles. The Morgan fingerprint density at radius 1 is 1.28 bits per heavy atom. The van der Waals surface area contributed by atoms with Crippen LogP contribution in [0, 0.1) is 12.8 Å². The fourth-order valence-corrected chi connectivity index (χ4v) is 3.76. The van der Waals surface area contributed by atoms with Crippen LogP contribution in [0.3, 0.4) is 0 Å². The van der Waals surface area contributed by atoms with Crippen molar-refractivity contribution in [1.29, 1.82) is 0 Å². The van der Waals surface area contributed by atoms with E-state index in [0.29, 0.717) is 29.7 Å². The first-order chi connectivity index (χ1) is 13.8. The number of hydrogen-bond acceptors (Lipinski definition) is 5. The molecule has 3 heterocycles. The molecule has 1 saturated heterocycles. The molecule has 158 valence electrons. The molecule has 5 nitrogen and oxygen atoms in total. The number of alkyl halides is 3.